The molecule has 0 aliphatic rings. The smallest absolute Gasteiger partial charge is 0.233 e. The third-order valence-corrected chi connectivity index (χ3v) is 6.49. The molecule has 4 aromatic carbocycles. The minimum Gasteiger partial charge on any atom is -0.437 e. The Labute approximate surface area is 206 Å². The maximum atomic E-state index is 8.55. The molecule has 0 saturated carbocycles. The lowest BCUT2D eigenvalue weighted by Gasteiger charge is -2.25. The van der Waals surface area contributed by atoms with Gasteiger partial charge in [0.1, 0.15) is 5.58 Å². The number of nitrogens with one attached hydrogen (secondary N) is 1. The van der Waals surface area contributed by atoms with Crippen LogP contribution in [0.4, 0.5) is 17.1 Å². The van der Waals surface area contributed by atoms with Crippen molar-refractivity contribution in [2.75, 3.05) is 4.90 Å². The second-order valence-electron chi connectivity index (χ2n) is 8.89. The van der Waals surface area contributed by atoms with Gasteiger partial charge in [-0.25, -0.2) is 4.98 Å². The average Bonchev–Trinajstić information content (AvgIpc) is 3.29. The Morgan fingerprint density at radius 1 is 0.750 bits per heavy atom. The van der Waals surface area contributed by atoms with Gasteiger partial charge in [0, 0.05) is 28.5 Å². The number of benzene rings is 4. The summed E-state index contributed by atoms with van der Waals surface area (Å²) in [6.45, 7) is 2.10. The van der Waals surface area contributed by atoms with Gasteiger partial charge in [0.25, 0.3) is 0 Å². The summed E-state index contributed by atoms with van der Waals surface area (Å²) in [5, 5.41) is 10.3. The molecule has 0 bridgehead atoms. The minimum atomic E-state index is 0.0936. The van der Waals surface area contributed by atoms with E-state index < -0.39 is 0 Å². The number of anilines is 3. The highest BCUT2D eigenvalue weighted by Crippen LogP contribution is 2.37. The van der Waals surface area contributed by atoms with E-state index in [1.165, 1.54) is 5.56 Å². The molecule has 172 valence electrons. The van der Waals surface area contributed by atoms with Gasteiger partial charge in [-0.15, -0.1) is 0 Å². The van der Waals surface area contributed by atoms with E-state index in [1.807, 2.05) is 54.6 Å². The topological polar surface area (TPSA) is 70.4 Å². The lowest BCUT2D eigenvalue weighted by atomic mass is 10.1. The van der Waals surface area contributed by atoms with Crippen molar-refractivity contribution in [3.05, 3.63) is 114 Å². The van der Waals surface area contributed by atoms with E-state index in [1.54, 1.807) is 4.40 Å². The van der Waals surface area contributed by atoms with Crippen molar-refractivity contribution in [3.8, 4) is 0 Å². The summed E-state index contributed by atoms with van der Waals surface area (Å²) in [6, 6.07) is 34.8. The third kappa shape index (κ3) is 3.15. The second kappa shape index (κ2) is 7.78. The van der Waals surface area contributed by atoms with E-state index in [0.29, 0.717) is 16.9 Å². The maximum Gasteiger partial charge on any atom is 0.233 e. The van der Waals surface area contributed by atoms with E-state index in [4.69, 9.17) is 14.8 Å². The number of aromatic nitrogens is 3. The van der Waals surface area contributed by atoms with Crippen molar-refractivity contribution in [3.63, 3.8) is 0 Å². The highest BCUT2D eigenvalue weighted by atomic mass is 16.3. The maximum absolute atomic E-state index is 8.55. The van der Waals surface area contributed by atoms with Crippen LogP contribution in [0.15, 0.2) is 108 Å². The SMILES string of the molecule is Cc1cccc(N(c2ccccc2)c2ccc3cc4c(nc(=N)n5c6ccccc6nc45)oc3c2)c1. The van der Waals surface area contributed by atoms with Gasteiger partial charge in [0.2, 0.25) is 11.3 Å². The number of hydrogen-bond acceptors (Lipinski definition) is 5. The Kier molecular flexibility index (Phi) is 4.41. The van der Waals surface area contributed by atoms with Gasteiger partial charge in [-0.3, -0.25) is 9.81 Å². The van der Waals surface area contributed by atoms with E-state index in [2.05, 4.69) is 65.3 Å². The monoisotopic (exact) mass is 467 g/mol. The molecule has 0 aliphatic carbocycles. The first kappa shape index (κ1) is 20.4. The summed E-state index contributed by atoms with van der Waals surface area (Å²) < 4.78 is 8.07. The molecule has 0 spiro atoms. The van der Waals surface area contributed by atoms with Crippen LogP contribution in [-0.4, -0.2) is 14.4 Å². The Hall–Kier alpha value is -4.97. The molecule has 0 aliphatic heterocycles. The van der Waals surface area contributed by atoms with Crippen LogP contribution in [0.2, 0.25) is 0 Å². The molecule has 0 unspecified atom stereocenters. The molecular weight excluding hydrogens is 446 g/mol. The quantitative estimate of drug-likeness (QED) is 0.283. The van der Waals surface area contributed by atoms with Gasteiger partial charge in [0.05, 0.1) is 16.4 Å². The Balaban J connectivity index is 1.46. The minimum absolute atomic E-state index is 0.0936. The summed E-state index contributed by atoms with van der Waals surface area (Å²) in [5.41, 5.74) is 7.83. The summed E-state index contributed by atoms with van der Waals surface area (Å²) in [5.74, 6) is 0. The molecule has 3 heterocycles. The number of rotatable bonds is 3. The van der Waals surface area contributed by atoms with Gasteiger partial charge < -0.3 is 9.32 Å². The van der Waals surface area contributed by atoms with E-state index in [9.17, 15) is 0 Å². The molecule has 0 atom stereocenters. The summed E-state index contributed by atoms with van der Waals surface area (Å²) in [6.07, 6.45) is 0. The Morgan fingerprint density at radius 2 is 1.53 bits per heavy atom. The Bertz CT molecular complexity index is 1990. The van der Waals surface area contributed by atoms with Crippen LogP contribution in [0.25, 0.3) is 38.7 Å². The highest BCUT2D eigenvalue weighted by Gasteiger charge is 2.16. The van der Waals surface area contributed by atoms with Gasteiger partial charge in [-0.2, -0.15) is 4.98 Å². The number of hydrogen-bond donors (Lipinski definition) is 1. The van der Waals surface area contributed by atoms with Crippen molar-refractivity contribution < 1.29 is 4.42 Å². The lowest BCUT2D eigenvalue weighted by molar-refractivity contribution is 0.639. The molecule has 7 rings (SSSR count). The van der Waals surface area contributed by atoms with Crippen LogP contribution < -0.4 is 10.5 Å². The van der Waals surface area contributed by atoms with Crippen LogP contribution in [0.3, 0.4) is 0 Å². The summed E-state index contributed by atoms with van der Waals surface area (Å²) >= 11 is 0. The fourth-order valence-corrected chi connectivity index (χ4v) is 4.85. The Morgan fingerprint density at radius 3 is 2.39 bits per heavy atom. The van der Waals surface area contributed by atoms with Gasteiger partial charge in [0.15, 0.2) is 5.65 Å². The largest absolute Gasteiger partial charge is 0.437 e. The molecule has 7 aromatic rings. The molecule has 0 saturated heterocycles. The van der Waals surface area contributed by atoms with E-state index >= 15 is 0 Å². The molecule has 36 heavy (non-hydrogen) atoms. The normalized spacial score (nSPS) is 11.6. The number of nitrogens with zero attached hydrogens (tertiary/aromatic N) is 4. The van der Waals surface area contributed by atoms with Gasteiger partial charge >= 0.3 is 0 Å². The number of aryl methyl sites for hydroxylation is 1. The van der Waals surface area contributed by atoms with Gasteiger partial charge in [-0.05, 0) is 67.1 Å². The first-order valence-electron chi connectivity index (χ1n) is 11.8. The molecular formula is C30H21N5O. The van der Waals surface area contributed by atoms with Crippen LogP contribution >= 0.6 is 0 Å². The molecule has 0 amide bonds. The molecule has 1 N–H and O–H groups in total. The second-order valence-corrected chi connectivity index (χ2v) is 8.89. The zero-order valence-electron chi connectivity index (χ0n) is 19.5. The fourth-order valence-electron chi connectivity index (χ4n) is 4.85. The van der Waals surface area contributed by atoms with Crippen molar-refractivity contribution in [1.29, 1.82) is 5.41 Å². The first-order valence-corrected chi connectivity index (χ1v) is 11.8. The lowest BCUT2D eigenvalue weighted by Crippen LogP contribution is -2.16. The summed E-state index contributed by atoms with van der Waals surface area (Å²) in [4.78, 5) is 11.5. The molecule has 0 fully saturated rings. The van der Waals surface area contributed by atoms with Crippen LogP contribution in [0, 0.1) is 12.3 Å². The molecule has 6 heteroatoms. The van der Waals surface area contributed by atoms with E-state index in [-0.39, 0.29) is 5.62 Å². The van der Waals surface area contributed by atoms with Crippen molar-refractivity contribution >= 4 is 55.8 Å². The molecule has 0 radical (unpaired) electrons. The number of para-hydroxylation sites is 3. The van der Waals surface area contributed by atoms with Crippen LogP contribution in [0.1, 0.15) is 5.56 Å². The predicted molar refractivity (Wildman–Crippen MR) is 143 cm³/mol. The zero-order valence-corrected chi connectivity index (χ0v) is 19.5. The first-order chi connectivity index (χ1) is 17.7. The predicted octanol–water partition coefficient (Wildman–Crippen LogP) is 7.04. The standard InChI is InChI=1S/C30H21N5O/c1-19-8-7-11-22(16-19)34(21-9-3-2-4-10-21)23-15-14-20-17-24-28-32-25-12-5-6-13-26(25)35(28)30(31)33-29(24)36-27(20)18-23/h2-18,31H,1H3. The van der Waals surface area contributed by atoms with Gasteiger partial charge in [-0.1, -0.05) is 42.5 Å². The van der Waals surface area contributed by atoms with Crippen molar-refractivity contribution in [2.45, 2.75) is 6.92 Å². The highest BCUT2D eigenvalue weighted by molar-refractivity contribution is 5.99. The van der Waals surface area contributed by atoms with Crippen LogP contribution in [-0.2, 0) is 0 Å². The molecule has 6 nitrogen and oxygen atoms in total. The van der Waals surface area contributed by atoms with E-state index in [0.717, 1.165) is 38.9 Å². The third-order valence-electron chi connectivity index (χ3n) is 6.49. The van der Waals surface area contributed by atoms with Crippen molar-refractivity contribution in [2.24, 2.45) is 0 Å². The average molecular weight is 468 g/mol. The number of fused-ring (bicyclic) bond motifs is 6. The molecule has 3 aromatic heterocycles. The zero-order chi connectivity index (χ0) is 24.2. The van der Waals surface area contributed by atoms with Crippen molar-refractivity contribution in [1.82, 2.24) is 14.4 Å². The fraction of sp³-hybridized carbons (Fsp3) is 0.0333. The number of imidazole rings is 1. The summed E-state index contributed by atoms with van der Waals surface area (Å²) in [7, 11) is 0. The van der Waals surface area contributed by atoms with Crippen LogP contribution in [0.5, 0.6) is 0 Å².